The van der Waals surface area contributed by atoms with Crippen LogP contribution < -0.4 is 10.5 Å². The standard InChI is InChI=1S/C9H8F3NO2.C2H6/c10-9(11,12)5-15-7-3-1-2-6(4-7)8(13)14;1-2/h1-4H,5H2,(H2,13,14);1-2H3. The SMILES string of the molecule is CC.NC(=O)c1cccc(OCC(F)(F)F)c1. The summed E-state index contributed by atoms with van der Waals surface area (Å²) in [7, 11) is 0. The summed E-state index contributed by atoms with van der Waals surface area (Å²) in [5, 5.41) is 0. The number of primary amides is 1. The number of benzene rings is 1. The molecule has 0 aromatic heterocycles. The Kier molecular flexibility index (Phi) is 6.09. The van der Waals surface area contributed by atoms with Gasteiger partial charge < -0.3 is 10.5 Å². The quantitative estimate of drug-likeness (QED) is 0.895. The van der Waals surface area contributed by atoms with E-state index in [0.29, 0.717) is 0 Å². The highest BCUT2D eigenvalue weighted by Gasteiger charge is 2.28. The number of rotatable bonds is 3. The molecule has 0 atom stereocenters. The number of carbonyl (C=O) groups excluding carboxylic acids is 1. The molecule has 17 heavy (non-hydrogen) atoms. The van der Waals surface area contributed by atoms with Crippen LogP contribution in [0.15, 0.2) is 24.3 Å². The zero-order valence-electron chi connectivity index (χ0n) is 9.54. The summed E-state index contributed by atoms with van der Waals surface area (Å²) < 4.78 is 39.8. The fourth-order valence-electron chi connectivity index (χ4n) is 0.904. The van der Waals surface area contributed by atoms with Gasteiger partial charge in [-0.1, -0.05) is 19.9 Å². The molecule has 0 bridgehead atoms. The summed E-state index contributed by atoms with van der Waals surface area (Å²) in [6.45, 7) is 2.61. The minimum atomic E-state index is -4.40. The highest BCUT2D eigenvalue weighted by molar-refractivity contribution is 5.93. The molecule has 3 nitrogen and oxygen atoms in total. The third-order valence-electron chi connectivity index (χ3n) is 1.52. The van der Waals surface area contributed by atoms with Gasteiger partial charge in [-0.05, 0) is 18.2 Å². The summed E-state index contributed by atoms with van der Waals surface area (Å²) in [6, 6.07) is 5.26. The van der Waals surface area contributed by atoms with Crippen molar-refractivity contribution in [3.63, 3.8) is 0 Å². The lowest BCUT2D eigenvalue weighted by molar-refractivity contribution is -0.153. The van der Waals surface area contributed by atoms with Crippen LogP contribution in [-0.4, -0.2) is 18.7 Å². The van der Waals surface area contributed by atoms with E-state index >= 15 is 0 Å². The third-order valence-corrected chi connectivity index (χ3v) is 1.52. The molecule has 0 radical (unpaired) electrons. The minimum absolute atomic E-state index is 0.0383. The van der Waals surface area contributed by atoms with Crippen LogP contribution in [0.4, 0.5) is 13.2 Å². The molecule has 96 valence electrons. The average Bonchev–Trinajstić information content (AvgIpc) is 2.28. The second-order valence-corrected chi connectivity index (χ2v) is 2.80. The molecule has 2 N–H and O–H groups in total. The van der Waals surface area contributed by atoms with E-state index in [9.17, 15) is 18.0 Å². The van der Waals surface area contributed by atoms with Gasteiger partial charge in [0.15, 0.2) is 6.61 Å². The minimum Gasteiger partial charge on any atom is -0.484 e. The summed E-state index contributed by atoms with van der Waals surface area (Å²) in [4.78, 5) is 10.7. The van der Waals surface area contributed by atoms with Crippen molar-refractivity contribution in [3.8, 4) is 5.75 Å². The summed E-state index contributed by atoms with van der Waals surface area (Å²) in [6.07, 6.45) is -4.40. The first-order chi connectivity index (χ1) is 7.88. The lowest BCUT2D eigenvalue weighted by Gasteiger charge is -2.09. The van der Waals surface area contributed by atoms with Crippen molar-refractivity contribution < 1.29 is 22.7 Å². The molecule has 0 aliphatic heterocycles. The topological polar surface area (TPSA) is 52.3 Å². The summed E-state index contributed by atoms with van der Waals surface area (Å²) >= 11 is 0. The van der Waals surface area contributed by atoms with Gasteiger partial charge in [-0.15, -0.1) is 0 Å². The molecular weight excluding hydrogens is 235 g/mol. The summed E-state index contributed by atoms with van der Waals surface area (Å²) in [5.41, 5.74) is 5.05. The van der Waals surface area contributed by atoms with Gasteiger partial charge in [0.05, 0.1) is 0 Å². The highest BCUT2D eigenvalue weighted by Crippen LogP contribution is 2.19. The molecular formula is C11H14F3NO2. The van der Waals surface area contributed by atoms with Crippen molar-refractivity contribution in [1.82, 2.24) is 0 Å². The molecule has 1 aromatic rings. The molecule has 0 spiro atoms. The molecule has 0 aliphatic rings. The van der Waals surface area contributed by atoms with Crippen molar-refractivity contribution in [2.75, 3.05) is 6.61 Å². The van der Waals surface area contributed by atoms with Gasteiger partial charge in [0.1, 0.15) is 5.75 Å². The first kappa shape index (κ1) is 15.3. The number of alkyl halides is 3. The Morgan fingerprint density at radius 1 is 1.35 bits per heavy atom. The van der Waals surface area contributed by atoms with E-state index < -0.39 is 18.7 Å². The zero-order valence-corrected chi connectivity index (χ0v) is 9.54. The Bertz CT molecular complexity index is 364. The fraction of sp³-hybridized carbons (Fsp3) is 0.364. The number of carbonyl (C=O) groups is 1. The Hall–Kier alpha value is -1.72. The monoisotopic (exact) mass is 249 g/mol. The average molecular weight is 249 g/mol. The van der Waals surface area contributed by atoms with Gasteiger partial charge in [0, 0.05) is 5.56 Å². The highest BCUT2D eigenvalue weighted by atomic mass is 19.4. The maximum Gasteiger partial charge on any atom is 0.422 e. The lowest BCUT2D eigenvalue weighted by Crippen LogP contribution is -2.19. The first-order valence-electron chi connectivity index (χ1n) is 4.98. The van der Waals surface area contributed by atoms with E-state index in [1.54, 1.807) is 0 Å². The number of hydrogen-bond donors (Lipinski definition) is 1. The van der Waals surface area contributed by atoms with E-state index in [-0.39, 0.29) is 11.3 Å². The van der Waals surface area contributed by atoms with Crippen LogP contribution in [0.1, 0.15) is 24.2 Å². The zero-order chi connectivity index (χ0) is 13.5. The van der Waals surface area contributed by atoms with E-state index in [1.165, 1.54) is 18.2 Å². The fourth-order valence-corrected chi connectivity index (χ4v) is 0.904. The van der Waals surface area contributed by atoms with Crippen LogP contribution in [0.2, 0.25) is 0 Å². The van der Waals surface area contributed by atoms with Crippen LogP contribution in [0.25, 0.3) is 0 Å². The van der Waals surface area contributed by atoms with Gasteiger partial charge in [0.2, 0.25) is 5.91 Å². The van der Waals surface area contributed by atoms with Crippen molar-refractivity contribution in [2.24, 2.45) is 5.73 Å². The lowest BCUT2D eigenvalue weighted by atomic mass is 10.2. The Morgan fingerprint density at radius 2 is 1.94 bits per heavy atom. The molecule has 1 aromatic carbocycles. The van der Waals surface area contributed by atoms with Gasteiger partial charge in [-0.3, -0.25) is 4.79 Å². The van der Waals surface area contributed by atoms with E-state index in [4.69, 9.17) is 5.73 Å². The van der Waals surface area contributed by atoms with Crippen LogP contribution >= 0.6 is 0 Å². The molecule has 6 heteroatoms. The second-order valence-electron chi connectivity index (χ2n) is 2.80. The molecule has 0 saturated heterocycles. The molecule has 0 unspecified atom stereocenters. The van der Waals surface area contributed by atoms with Gasteiger partial charge in [0.25, 0.3) is 0 Å². The van der Waals surface area contributed by atoms with Gasteiger partial charge >= 0.3 is 6.18 Å². The molecule has 0 heterocycles. The predicted molar refractivity (Wildman–Crippen MR) is 57.9 cm³/mol. The second kappa shape index (κ2) is 6.78. The first-order valence-corrected chi connectivity index (χ1v) is 4.98. The predicted octanol–water partition coefficient (Wildman–Crippen LogP) is 2.75. The Morgan fingerprint density at radius 3 is 2.41 bits per heavy atom. The van der Waals surface area contributed by atoms with Crippen molar-refractivity contribution in [3.05, 3.63) is 29.8 Å². The van der Waals surface area contributed by atoms with E-state index in [0.717, 1.165) is 6.07 Å². The third kappa shape index (κ3) is 6.44. The van der Waals surface area contributed by atoms with E-state index in [2.05, 4.69) is 4.74 Å². The van der Waals surface area contributed by atoms with E-state index in [1.807, 2.05) is 13.8 Å². The van der Waals surface area contributed by atoms with Crippen molar-refractivity contribution in [2.45, 2.75) is 20.0 Å². The molecule has 1 amide bonds. The van der Waals surface area contributed by atoms with Crippen molar-refractivity contribution in [1.29, 1.82) is 0 Å². The van der Waals surface area contributed by atoms with Crippen molar-refractivity contribution >= 4 is 5.91 Å². The molecule has 0 fully saturated rings. The molecule has 0 aliphatic carbocycles. The summed E-state index contributed by atoms with van der Waals surface area (Å²) in [5.74, 6) is -0.754. The number of halogens is 3. The largest absolute Gasteiger partial charge is 0.484 e. The van der Waals surface area contributed by atoms with Crippen LogP contribution in [0, 0.1) is 0 Å². The molecule has 1 rings (SSSR count). The normalized spacial score (nSPS) is 10.2. The van der Waals surface area contributed by atoms with Crippen LogP contribution in [0.5, 0.6) is 5.75 Å². The maximum atomic E-state index is 11.8. The molecule has 0 saturated carbocycles. The maximum absolute atomic E-state index is 11.8. The Balaban J connectivity index is 0.00000121. The smallest absolute Gasteiger partial charge is 0.422 e. The number of hydrogen-bond acceptors (Lipinski definition) is 2. The number of ether oxygens (including phenoxy) is 1. The van der Waals surface area contributed by atoms with Crippen LogP contribution in [-0.2, 0) is 0 Å². The van der Waals surface area contributed by atoms with Gasteiger partial charge in [-0.2, -0.15) is 13.2 Å². The van der Waals surface area contributed by atoms with Gasteiger partial charge in [-0.25, -0.2) is 0 Å². The Labute approximate surface area is 97.4 Å². The number of nitrogens with two attached hydrogens (primary N) is 1. The number of amides is 1. The van der Waals surface area contributed by atoms with Crippen LogP contribution in [0.3, 0.4) is 0 Å².